The number of hydrogen-bond donors (Lipinski definition) is 1. The van der Waals surface area contributed by atoms with E-state index in [2.05, 4.69) is 12.0 Å². The lowest BCUT2D eigenvalue weighted by atomic mass is 9.97. The Morgan fingerprint density at radius 1 is 0.812 bits per heavy atom. The highest BCUT2D eigenvalue weighted by atomic mass is 15.0. The summed E-state index contributed by atoms with van der Waals surface area (Å²) in [4.78, 5) is 0. The quantitative estimate of drug-likeness (QED) is 0.346. The molecule has 0 heterocycles. The van der Waals surface area contributed by atoms with Gasteiger partial charge >= 0.3 is 0 Å². The van der Waals surface area contributed by atoms with Crippen molar-refractivity contribution in [2.45, 2.75) is 90.5 Å². The van der Waals surface area contributed by atoms with Crippen LogP contribution in [0.2, 0.25) is 0 Å². The zero-order valence-electron chi connectivity index (χ0n) is 11.5. The summed E-state index contributed by atoms with van der Waals surface area (Å²) in [6.45, 7) is 6.36. The maximum Gasteiger partial charge on any atom is 0.0757 e. The molecule has 0 aliphatic carbocycles. The molecule has 16 heavy (non-hydrogen) atoms. The summed E-state index contributed by atoms with van der Waals surface area (Å²) < 4.78 is 0. The Morgan fingerprint density at radius 2 is 1.25 bits per heavy atom. The Kier molecular flexibility index (Phi) is 9.55. The highest BCUT2D eigenvalue weighted by molar-refractivity contribution is 4.73. The van der Waals surface area contributed by atoms with Gasteiger partial charge in [-0.15, -0.1) is 0 Å². The molecule has 0 spiro atoms. The highest BCUT2D eigenvalue weighted by Gasteiger charge is 2.14. The first-order valence-electron chi connectivity index (χ1n) is 7.01. The summed E-state index contributed by atoms with van der Waals surface area (Å²) in [5, 5.41) is 3.64. The van der Waals surface area contributed by atoms with Crippen LogP contribution in [0.4, 0.5) is 0 Å². The van der Waals surface area contributed by atoms with Gasteiger partial charge in [0.25, 0.3) is 0 Å². The summed E-state index contributed by atoms with van der Waals surface area (Å²) in [6.07, 6.45) is 13.3. The summed E-state index contributed by atoms with van der Waals surface area (Å²) in [6, 6.07) is 0. The molecule has 0 aromatic carbocycles. The van der Waals surface area contributed by atoms with E-state index in [-0.39, 0.29) is 5.54 Å². The number of unbranched alkanes of at least 4 members (excludes halogenated alkanes) is 8. The van der Waals surface area contributed by atoms with Crippen LogP contribution in [0.15, 0.2) is 5.11 Å². The molecule has 1 N–H and O–H groups in total. The van der Waals surface area contributed by atoms with Crippen molar-refractivity contribution in [3.63, 3.8) is 0 Å². The second kappa shape index (κ2) is 9.80. The van der Waals surface area contributed by atoms with Gasteiger partial charge in [-0.3, -0.25) is 0 Å². The maximum absolute atomic E-state index is 7.04. The molecular formula is C14H30N2. The van der Waals surface area contributed by atoms with Gasteiger partial charge in [0.1, 0.15) is 0 Å². The van der Waals surface area contributed by atoms with Gasteiger partial charge in [0, 0.05) is 0 Å². The van der Waals surface area contributed by atoms with Gasteiger partial charge in [0.2, 0.25) is 0 Å². The predicted molar refractivity (Wildman–Crippen MR) is 71.1 cm³/mol. The van der Waals surface area contributed by atoms with E-state index in [1.54, 1.807) is 0 Å². The van der Waals surface area contributed by atoms with Crippen LogP contribution in [0.1, 0.15) is 85.0 Å². The van der Waals surface area contributed by atoms with Gasteiger partial charge in [-0.1, -0.05) is 64.7 Å². The first kappa shape index (κ1) is 15.6. The molecule has 0 aromatic heterocycles. The second-order valence-electron chi connectivity index (χ2n) is 5.50. The van der Waals surface area contributed by atoms with Crippen LogP contribution in [0.25, 0.3) is 0 Å². The van der Waals surface area contributed by atoms with Crippen molar-refractivity contribution in [2.75, 3.05) is 0 Å². The molecule has 0 rings (SSSR count). The monoisotopic (exact) mass is 226 g/mol. The standard InChI is InChI=1S/C14H30N2/c1-4-5-6-7-8-9-10-11-12-13-14(2,3)16-15/h15H,4-13H2,1-3H3. The van der Waals surface area contributed by atoms with Gasteiger partial charge in [-0.25, -0.2) is 5.53 Å². The van der Waals surface area contributed by atoms with Crippen LogP contribution in [0, 0.1) is 5.53 Å². The van der Waals surface area contributed by atoms with Crippen molar-refractivity contribution in [2.24, 2.45) is 5.11 Å². The van der Waals surface area contributed by atoms with Crippen LogP contribution in [0.3, 0.4) is 0 Å². The van der Waals surface area contributed by atoms with E-state index >= 15 is 0 Å². The molecule has 0 atom stereocenters. The van der Waals surface area contributed by atoms with E-state index in [0.717, 1.165) is 6.42 Å². The Labute approximate surface area is 102 Å². The molecule has 0 bridgehead atoms. The van der Waals surface area contributed by atoms with Gasteiger partial charge in [0.15, 0.2) is 0 Å². The van der Waals surface area contributed by atoms with Crippen molar-refractivity contribution in [1.82, 2.24) is 0 Å². The first-order valence-corrected chi connectivity index (χ1v) is 7.01. The maximum atomic E-state index is 7.04. The first-order chi connectivity index (χ1) is 7.62. The van der Waals surface area contributed by atoms with Crippen LogP contribution in [-0.2, 0) is 0 Å². The molecule has 0 radical (unpaired) electrons. The van der Waals surface area contributed by atoms with Gasteiger partial charge in [-0.2, -0.15) is 5.11 Å². The van der Waals surface area contributed by atoms with Crippen LogP contribution in [0.5, 0.6) is 0 Å². The predicted octanol–water partition coefficient (Wildman–Crippen LogP) is 5.72. The lowest BCUT2D eigenvalue weighted by Gasteiger charge is -2.16. The molecule has 96 valence electrons. The SMILES string of the molecule is CCCCCCCCCCCC(C)(C)N=N. The summed E-state index contributed by atoms with van der Waals surface area (Å²) >= 11 is 0. The minimum Gasteiger partial charge on any atom is -0.209 e. The Bertz CT molecular complexity index is 164. The number of rotatable bonds is 11. The Balaban J connectivity index is 3.13. The smallest absolute Gasteiger partial charge is 0.0757 e. The minimum absolute atomic E-state index is 0.124. The molecule has 2 heteroatoms. The molecule has 0 fully saturated rings. The fourth-order valence-corrected chi connectivity index (χ4v) is 1.92. The number of nitrogens with zero attached hydrogens (tertiary/aromatic N) is 1. The molecular weight excluding hydrogens is 196 g/mol. The molecule has 0 aliphatic rings. The molecule has 0 saturated carbocycles. The average molecular weight is 226 g/mol. The van der Waals surface area contributed by atoms with Crippen LogP contribution >= 0.6 is 0 Å². The van der Waals surface area contributed by atoms with Crippen LogP contribution in [-0.4, -0.2) is 5.54 Å². The van der Waals surface area contributed by atoms with Gasteiger partial charge in [-0.05, 0) is 20.3 Å². The molecule has 0 unspecified atom stereocenters. The topological polar surface area (TPSA) is 36.2 Å². The number of nitrogens with one attached hydrogen (secondary N) is 1. The zero-order chi connectivity index (χ0) is 12.3. The zero-order valence-corrected chi connectivity index (χ0v) is 11.5. The summed E-state index contributed by atoms with van der Waals surface area (Å²) in [7, 11) is 0. The highest BCUT2D eigenvalue weighted by Crippen LogP contribution is 2.19. The van der Waals surface area contributed by atoms with Crippen molar-refractivity contribution in [1.29, 1.82) is 5.53 Å². The number of hydrogen-bond acceptors (Lipinski definition) is 2. The van der Waals surface area contributed by atoms with Gasteiger partial charge in [0.05, 0.1) is 5.54 Å². The lowest BCUT2D eigenvalue weighted by Crippen LogP contribution is -2.14. The second-order valence-corrected chi connectivity index (χ2v) is 5.50. The lowest BCUT2D eigenvalue weighted by molar-refractivity contribution is 0.418. The van der Waals surface area contributed by atoms with Crippen molar-refractivity contribution in [3.8, 4) is 0 Å². The average Bonchev–Trinajstić information content (AvgIpc) is 2.27. The molecule has 2 nitrogen and oxygen atoms in total. The third kappa shape index (κ3) is 10.1. The minimum atomic E-state index is -0.124. The fourth-order valence-electron chi connectivity index (χ4n) is 1.92. The Hall–Kier alpha value is -0.400. The summed E-state index contributed by atoms with van der Waals surface area (Å²) in [5.74, 6) is 0. The third-order valence-electron chi connectivity index (χ3n) is 3.19. The van der Waals surface area contributed by atoms with E-state index < -0.39 is 0 Å². The van der Waals surface area contributed by atoms with Crippen LogP contribution < -0.4 is 0 Å². The van der Waals surface area contributed by atoms with E-state index in [0.29, 0.717) is 0 Å². The van der Waals surface area contributed by atoms with E-state index in [1.165, 1.54) is 57.8 Å². The Morgan fingerprint density at radius 3 is 1.69 bits per heavy atom. The normalized spacial score (nSPS) is 11.7. The molecule has 0 aromatic rings. The van der Waals surface area contributed by atoms with Crippen molar-refractivity contribution < 1.29 is 0 Å². The summed E-state index contributed by atoms with van der Waals surface area (Å²) in [5.41, 5.74) is 6.92. The molecule has 0 aliphatic heterocycles. The third-order valence-corrected chi connectivity index (χ3v) is 3.19. The van der Waals surface area contributed by atoms with Gasteiger partial charge < -0.3 is 0 Å². The molecule has 0 saturated heterocycles. The molecule has 0 amide bonds. The van der Waals surface area contributed by atoms with Crippen molar-refractivity contribution in [3.05, 3.63) is 0 Å². The van der Waals surface area contributed by atoms with Crippen molar-refractivity contribution >= 4 is 0 Å². The van der Waals surface area contributed by atoms with E-state index in [4.69, 9.17) is 5.53 Å². The van der Waals surface area contributed by atoms with E-state index in [9.17, 15) is 0 Å². The fraction of sp³-hybridized carbons (Fsp3) is 1.00. The largest absolute Gasteiger partial charge is 0.209 e. The van der Waals surface area contributed by atoms with E-state index in [1.807, 2.05) is 13.8 Å².